The summed E-state index contributed by atoms with van der Waals surface area (Å²) in [6, 6.07) is 16.6. The van der Waals surface area contributed by atoms with Crippen LogP contribution in [0.3, 0.4) is 0 Å². The topological polar surface area (TPSA) is 61.4 Å². The van der Waals surface area contributed by atoms with Crippen LogP contribution in [-0.2, 0) is 4.79 Å². The molecule has 0 bridgehead atoms. The van der Waals surface area contributed by atoms with Crippen molar-refractivity contribution in [3.05, 3.63) is 54.6 Å². The number of nitrogens with zero attached hydrogens (tertiary/aromatic N) is 1. The van der Waals surface area contributed by atoms with Crippen molar-refractivity contribution in [1.29, 1.82) is 0 Å². The molecule has 1 aliphatic rings. The number of carbonyl (C=O) groups is 2. The second-order valence-corrected chi connectivity index (χ2v) is 7.46. The third-order valence-corrected chi connectivity index (χ3v) is 5.20. The van der Waals surface area contributed by atoms with Gasteiger partial charge in [0.25, 0.3) is 0 Å². The predicted molar refractivity (Wildman–Crippen MR) is 102 cm³/mol. The van der Waals surface area contributed by atoms with Gasteiger partial charge < -0.3 is 10.2 Å². The van der Waals surface area contributed by atoms with E-state index in [9.17, 15) is 9.59 Å². The van der Waals surface area contributed by atoms with Gasteiger partial charge in [-0.05, 0) is 30.7 Å². The lowest BCUT2D eigenvalue weighted by Gasteiger charge is -2.23. The maximum absolute atomic E-state index is 12.3. The van der Waals surface area contributed by atoms with Crippen molar-refractivity contribution in [2.24, 2.45) is 0 Å². The van der Waals surface area contributed by atoms with Crippen molar-refractivity contribution >= 4 is 35.1 Å². The van der Waals surface area contributed by atoms with E-state index in [1.54, 1.807) is 12.1 Å². The second kappa shape index (κ2) is 8.07. The van der Waals surface area contributed by atoms with Crippen LogP contribution in [-0.4, -0.2) is 30.3 Å². The number of rotatable bonds is 3. The summed E-state index contributed by atoms with van der Waals surface area (Å²) in [4.78, 5) is 27.5. The van der Waals surface area contributed by atoms with Crippen molar-refractivity contribution in [2.45, 2.75) is 23.5 Å². The molecule has 3 amide bonds. The van der Waals surface area contributed by atoms with E-state index < -0.39 is 6.03 Å². The van der Waals surface area contributed by atoms with Crippen LogP contribution in [0.15, 0.2) is 59.5 Å². The van der Waals surface area contributed by atoms with Gasteiger partial charge in [-0.2, -0.15) is 0 Å². The normalized spacial score (nSPS) is 16.5. The Hall–Kier alpha value is -2.47. The molecule has 3 rings (SSSR count). The number of benzene rings is 2. The highest BCUT2D eigenvalue weighted by Crippen LogP contribution is 2.36. The monoisotopic (exact) mass is 355 g/mol. The van der Waals surface area contributed by atoms with Crippen LogP contribution in [0, 0.1) is 0 Å². The predicted octanol–water partition coefficient (Wildman–Crippen LogP) is 3.73. The number of para-hydroxylation sites is 2. The summed E-state index contributed by atoms with van der Waals surface area (Å²) in [5.41, 5.74) is 1.70. The summed E-state index contributed by atoms with van der Waals surface area (Å²) in [7, 11) is 0. The Labute approximate surface area is 151 Å². The van der Waals surface area contributed by atoms with Crippen LogP contribution in [0.25, 0.3) is 0 Å². The molecule has 0 fully saturated rings. The molecule has 0 radical (unpaired) electrons. The Kier molecular flexibility index (Phi) is 5.60. The van der Waals surface area contributed by atoms with E-state index >= 15 is 0 Å². The van der Waals surface area contributed by atoms with E-state index in [2.05, 4.69) is 23.6 Å². The minimum atomic E-state index is -0.512. The van der Waals surface area contributed by atoms with Gasteiger partial charge in [-0.15, -0.1) is 11.8 Å². The Morgan fingerprint density at radius 2 is 1.84 bits per heavy atom. The van der Waals surface area contributed by atoms with Gasteiger partial charge in [0, 0.05) is 22.4 Å². The average molecular weight is 355 g/mol. The van der Waals surface area contributed by atoms with Crippen molar-refractivity contribution in [2.75, 3.05) is 23.3 Å². The molecular weight excluding hydrogens is 334 g/mol. The molecule has 0 saturated heterocycles. The molecule has 1 heterocycles. The van der Waals surface area contributed by atoms with Crippen LogP contribution in [0.5, 0.6) is 0 Å². The van der Waals surface area contributed by atoms with Crippen molar-refractivity contribution in [3.8, 4) is 0 Å². The Bertz CT molecular complexity index is 751. The molecule has 0 spiro atoms. The largest absolute Gasteiger partial charge is 0.361 e. The second-order valence-electron chi connectivity index (χ2n) is 5.97. The third kappa shape index (κ3) is 4.76. The number of thioether (sulfide) groups is 1. The lowest BCUT2D eigenvalue weighted by atomic mass is 10.2. The number of hydrogen-bond donors (Lipinski definition) is 2. The van der Waals surface area contributed by atoms with Crippen molar-refractivity contribution < 1.29 is 9.59 Å². The summed E-state index contributed by atoms with van der Waals surface area (Å²) in [6.07, 6.45) is 0.989. The van der Waals surface area contributed by atoms with Gasteiger partial charge in [0.1, 0.15) is 0 Å². The summed E-state index contributed by atoms with van der Waals surface area (Å²) in [5.74, 6) is -0.317. The molecule has 2 aromatic rings. The quantitative estimate of drug-likeness (QED) is 0.881. The van der Waals surface area contributed by atoms with Gasteiger partial charge >= 0.3 is 6.03 Å². The van der Waals surface area contributed by atoms with Gasteiger partial charge in [-0.3, -0.25) is 10.1 Å². The highest BCUT2D eigenvalue weighted by Gasteiger charge is 2.21. The first-order chi connectivity index (χ1) is 12.1. The molecular formula is C19H21N3O2S. The van der Waals surface area contributed by atoms with E-state index in [0.29, 0.717) is 10.9 Å². The zero-order valence-corrected chi connectivity index (χ0v) is 14.9. The number of amides is 3. The van der Waals surface area contributed by atoms with Gasteiger partial charge in [-0.25, -0.2) is 4.79 Å². The van der Waals surface area contributed by atoms with Gasteiger partial charge in [-0.1, -0.05) is 37.3 Å². The van der Waals surface area contributed by atoms with Gasteiger partial charge in [0.15, 0.2) is 0 Å². The summed E-state index contributed by atoms with van der Waals surface area (Å²) in [6.45, 7) is 3.14. The van der Waals surface area contributed by atoms with Crippen molar-refractivity contribution in [3.63, 3.8) is 0 Å². The van der Waals surface area contributed by atoms with Crippen LogP contribution < -0.4 is 15.5 Å². The Morgan fingerprint density at radius 1 is 1.12 bits per heavy atom. The van der Waals surface area contributed by atoms with Crippen LogP contribution >= 0.6 is 11.8 Å². The molecule has 1 aliphatic heterocycles. The molecule has 1 atom stereocenters. The zero-order chi connectivity index (χ0) is 17.6. The number of urea groups is 1. The average Bonchev–Trinajstić information content (AvgIpc) is 2.74. The van der Waals surface area contributed by atoms with Crippen LogP contribution in [0.2, 0.25) is 0 Å². The molecule has 6 heteroatoms. The lowest BCUT2D eigenvalue weighted by Crippen LogP contribution is -2.42. The maximum atomic E-state index is 12.3. The number of imide groups is 1. The maximum Gasteiger partial charge on any atom is 0.325 e. The highest BCUT2D eigenvalue weighted by molar-refractivity contribution is 8.00. The third-order valence-electron chi connectivity index (χ3n) is 3.96. The molecule has 2 N–H and O–H groups in total. The Balaban J connectivity index is 1.61. The van der Waals surface area contributed by atoms with E-state index in [1.165, 1.54) is 4.90 Å². The lowest BCUT2D eigenvalue weighted by molar-refractivity contribution is -0.118. The van der Waals surface area contributed by atoms with E-state index in [0.717, 1.165) is 18.7 Å². The molecule has 25 heavy (non-hydrogen) atoms. The van der Waals surface area contributed by atoms with Gasteiger partial charge in [0.05, 0.1) is 12.2 Å². The molecule has 0 saturated carbocycles. The number of fused-ring (bicyclic) bond motifs is 1. The summed E-state index contributed by atoms with van der Waals surface area (Å²) < 4.78 is 0. The first-order valence-corrected chi connectivity index (χ1v) is 9.16. The molecule has 0 aromatic heterocycles. The van der Waals surface area contributed by atoms with E-state index in [4.69, 9.17) is 0 Å². The number of nitrogens with one attached hydrogen (secondary N) is 2. The molecule has 5 nitrogen and oxygen atoms in total. The fraction of sp³-hybridized carbons (Fsp3) is 0.263. The smallest absolute Gasteiger partial charge is 0.325 e. The Morgan fingerprint density at radius 3 is 2.64 bits per heavy atom. The first kappa shape index (κ1) is 17.4. The number of hydrogen-bond acceptors (Lipinski definition) is 4. The summed E-state index contributed by atoms with van der Waals surface area (Å²) in [5, 5.41) is 5.55. The molecule has 1 unspecified atom stereocenters. The van der Waals surface area contributed by atoms with Gasteiger partial charge in [0.2, 0.25) is 5.91 Å². The fourth-order valence-electron chi connectivity index (χ4n) is 2.74. The number of anilines is 2. The fourth-order valence-corrected chi connectivity index (χ4v) is 3.87. The highest BCUT2D eigenvalue weighted by atomic mass is 32.2. The first-order valence-electron chi connectivity index (χ1n) is 8.28. The van der Waals surface area contributed by atoms with E-state index in [1.807, 2.05) is 53.1 Å². The molecule has 0 aliphatic carbocycles. The SMILES string of the molecule is CC1CCN(CC(=O)NC(=O)Nc2ccccc2)c2ccccc2S1. The number of carbonyl (C=O) groups excluding carboxylic acids is 2. The minimum Gasteiger partial charge on any atom is -0.361 e. The van der Waals surface area contributed by atoms with Crippen LogP contribution in [0.1, 0.15) is 13.3 Å². The van der Waals surface area contributed by atoms with E-state index in [-0.39, 0.29) is 12.5 Å². The standard InChI is InChI=1S/C19H21N3O2S/c1-14-11-12-22(16-9-5-6-10-17(16)25-14)13-18(23)21-19(24)20-15-7-3-2-4-8-15/h2-10,14H,11-13H2,1H3,(H2,20,21,23,24). The molecule has 2 aromatic carbocycles. The minimum absolute atomic E-state index is 0.159. The van der Waals surface area contributed by atoms with Crippen LogP contribution in [0.4, 0.5) is 16.2 Å². The zero-order valence-electron chi connectivity index (χ0n) is 14.1. The molecule has 130 valence electrons. The summed E-state index contributed by atoms with van der Waals surface area (Å²) >= 11 is 1.83. The van der Waals surface area contributed by atoms with Crippen molar-refractivity contribution in [1.82, 2.24) is 5.32 Å².